The van der Waals surface area contributed by atoms with Gasteiger partial charge in [-0.3, -0.25) is 0 Å². The highest BCUT2D eigenvalue weighted by molar-refractivity contribution is 4.63. The standard InChI is InChI=1S/C24H50O2.C2H6.CH5N/c1-3-5-7-9-11-13-15-17-19-23(25)21-22-24(26)20-18-16-14-12-10-8-6-4-2;2*1-2/h23-26H,3-22H2,1-2H3;1-2H3;2H2,1H3. The van der Waals surface area contributed by atoms with Crippen LogP contribution in [0.5, 0.6) is 0 Å². The lowest BCUT2D eigenvalue weighted by atomic mass is 10.00. The van der Waals surface area contributed by atoms with Crippen LogP contribution in [0.25, 0.3) is 0 Å². The second-order valence-corrected chi connectivity index (χ2v) is 8.41. The normalized spacial score (nSPS) is 12.4. The quantitative estimate of drug-likeness (QED) is 0.161. The van der Waals surface area contributed by atoms with Gasteiger partial charge in [0.25, 0.3) is 0 Å². The summed E-state index contributed by atoms with van der Waals surface area (Å²) >= 11 is 0. The Bertz CT molecular complexity index is 235. The van der Waals surface area contributed by atoms with Gasteiger partial charge in [-0.15, -0.1) is 0 Å². The first-order chi connectivity index (χ1) is 14.7. The number of hydrogen-bond acceptors (Lipinski definition) is 3. The van der Waals surface area contributed by atoms with Crippen molar-refractivity contribution in [2.75, 3.05) is 7.05 Å². The first-order valence-corrected chi connectivity index (χ1v) is 13.6. The fourth-order valence-corrected chi connectivity index (χ4v) is 3.70. The van der Waals surface area contributed by atoms with E-state index >= 15 is 0 Å². The zero-order chi connectivity index (χ0) is 23.3. The molecule has 2 unspecified atom stereocenters. The Morgan fingerprint density at radius 3 is 0.933 bits per heavy atom. The molecule has 3 nitrogen and oxygen atoms in total. The van der Waals surface area contributed by atoms with Gasteiger partial charge in [0.05, 0.1) is 12.2 Å². The molecule has 0 saturated carbocycles. The van der Waals surface area contributed by atoms with E-state index in [0.717, 1.165) is 38.5 Å². The van der Waals surface area contributed by atoms with Gasteiger partial charge in [0.1, 0.15) is 0 Å². The molecule has 3 heteroatoms. The van der Waals surface area contributed by atoms with Crippen LogP contribution in [0.2, 0.25) is 0 Å². The molecule has 0 amide bonds. The van der Waals surface area contributed by atoms with Crippen molar-refractivity contribution in [2.24, 2.45) is 5.73 Å². The molecule has 0 bridgehead atoms. The molecular weight excluding hydrogens is 370 g/mol. The minimum Gasteiger partial charge on any atom is -0.393 e. The van der Waals surface area contributed by atoms with Crippen LogP contribution in [0.1, 0.15) is 156 Å². The molecule has 0 saturated heterocycles. The van der Waals surface area contributed by atoms with E-state index in [4.69, 9.17) is 0 Å². The number of nitrogens with two attached hydrogens (primary N) is 1. The van der Waals surface area contributed by atoms with Crippen LogP contribution in [0.4, 0.5) is 0 Å². The third-order valence-electron chi connectivity index (χ3n) is 5.61. The first kappa shape index (κ1) is 34.5. The largest absolute Gasteiger partial charge is 0.393 e. The fraction of sp³-hybridized carbons (Fsp3) is 1.00. The van der Waals surface area contributed by atoms with E-state index in [1.165, 1.54) is 96.9 Å². The summed E-state index contributed by atoms with van der Waals surface area (Å²) in [5, 5.41) is 20.1. The lowest BCUT2D eigenvalue weighted by molar-refractivity contribution is 0.101. The van der Waals surface area contributed by atoms with Crippen molar-refractivity contribution in [3.8, 4) is 0 Å². The van der Waals surface area contributed by atoms with Crippen LogP contribution >= 0.6 is 0 Å². The van der Waals surface area contributed by atoms with E-state index in [2.05, 4.69) is 19.6 Å². The molecule has 0 spiro atoms. The van der Waals surface area contributed by atoms with E-state index < -0.39 is 0 Å². The Morgan fingerprint density at radius 2 is 0.667 bits per heavy atom. The Hall–Kier alpha value is -0.120. The Morgan fingerprint density at radius 1 is 0.433 bits per heavy atom. The van der Waals surface area contributed by atoms with Gasteiger partial charge in [0.2, 0.25) is 0 Å². The molecule has 0 aromatic rings. The van der Waals surface area contributed by atoms with Crippen LogP contribution in [0, 0.1) is 0 Å². The summed E-state index contributed by atoms with van der Waals surface area (Å²) in [5.41, 5.74) is 4.50. The van der Waals surface area contributed by atoms with Crippen molar-refractivity contribution in [1.82, 2.24) is 0 Å². The first-order valence-electron chi connectivity index (χ1n) is 13.6. The van der Waals surface area contributed by atoms with Crippen LogP contribution in [0.15, 0.2) is 0 Å². The summed E-state index contributed by atoms with van der Waals surface area (Å²) in [4.78, 5) is 0. The van der Waals surface area contributed by atoms with Crippen molar-refractivity contribution in [1.29, 1.82) is 0 Å². The van der Waals surface area contributed by atoms with Gasteiger partial charge in [-0.05, 0) is 32.7 Å². The highest BCUT2D eigenvalue weighted by Crippen LogP contribution is 2.16. The van der Waals surface area contributed by atoms with Crippen LogP contribution < -0.4 is 5.73 Å². The predicted octanol–water partition coefficient (Wildman–Crippen LogP) is 8.15. The molecule has 0 heterocycles. The average molecular weight is 432 g/mol. The molecule has 0 aromatic carbocycles. The molecule has 186 valence electrons. The highest BCUT2D eigenvalue weighted by atomic mass is 16.3. The Labute approximate surface area is 191 Å². The molecule has 0 rings (SSSR count). The minimum absolute atomic E-state index is 0.205. The number of rotatable bonds is 21. The van der Waals surface area contributed by atoms with Crippen molar-refractivity contribution < 1.29 is 10.2 Å². The summed E-state index contributed by atoms with van der Waals surface area (Å²) in [6.45, 7) is 8.52. The second-order valence-electron chi connectivity index (χ2n) is 8.41. The topological polar surface area (TPSA) is 66.5 Å². The lowest BCUT2D eigenvalue weighted by Gasteiger charge is -2.14. The number of hydrogen-bond donors (Lipinski definition) is 3. The van der Waals surface area contributed by atoms with Gasteiger partial charge >= 0.3 is 0 Å². The van der Waals surface area contributed by atoms with Crippen molar-refractivity contribution >= 4 is 0 Å². The summed E-state index contributed by atoms with van der Waals surface area (Å²) in [6, 6.07) is 0. The van der Waals surface area contributed by atoms with Crippen LogP contribution in [-0.2, 0) is 0 Å². The van der Waals surface area contributed by atoms with E-state index in [1.54, 1.807) is 0 Å². The van der Waals surface area contributed by atoms with Crippen molar-refractivity contribution in [3.05, 3.63) is 0 Å². The maximum absolute atomic E-state index is 10.1. The molecule has 0 fully saturated rings. The Kier molecular flexibility index (Phi) is 38.5. The minimum atomic E-state index is -0.205. The van der Waals surface area contributed by atoms with Crippen LogP contribution in [-0.4, -0.2) is 29.5 Å². The smallest absolute Gasteiger partial charge is 0.0541 e. The van der Waals surface area contributed by atoms with E-state index in [-0.39, 0.29) is 12.2 Å². The van der Waals surface area contributed by atoms with Gasteiger partial charge in [-0.1, -0.05) is 130 Å². The molecule has 0 aromatic heterocycles. The summed E-state index contributed by atoms with van der Waals surface area (Å²) in [7, 11) is 1.50. The van der Waals surface area contributed by atoms with Gasteiger partial charge < -0.3 is 15.9 Å². The number of unbranched alkanes of at least 4 members (excludes halogenated alkanes) is 14. The molecule has 2 atom stereocenters. The molecule has 30 heavy (non-hydrogen) atoms. The summed E-state index contributed by atoms with van der Waals surface area (Å²) in [5.74, 6) is 0. The molecule has 4 N–H and O–H groups in total. The second kappa shape index (κ2) is 33.5. The van der Waals surface area contributed by atoms with E-state index in [0.29, 0.717) is 0 Å². The fourth-order valence-electron chi connectivity index (χ4n) is 3.70. The van der Waals surface area contributed by atoms with Crippen molar-refractivity contribution in [3.63, 3.8) is 0 Å². The zero-order valence-electron chi connectivity index (χ0n) is 21.8. The third kappa shape index (κ3) is 32.5. The third-order valence-corrected chi connectivity index (χ3v) is 5.61. The maximum atomic E-state index is 10.1. The van der Waals surface area contributed by atoms with Gasteiger partial charge in [0.15, 0.2) is 0 Å². The molecule has 0 aliphatic heterocycles. The monoisotopic (exact) mass is 431 g/mol. The van der Waals surface area contributed by atoms with Gasteiger partial charge in [-0.2, -0.15) is 0 Å². The predicted molar refractivity (Wildman–Crippen MR) is 137 cm³/mol. The van der Waals surface area contributed by atoms with Crippen molar-refractivity contribution in [2.45, 2.75) is 168 Å². The SMILES string of the molecule is CC.CCCCCCCCCCC(O)CCC(O)CCCCCCCCCC.CN. The summed E-state index contributed by atoms with van der Waals surface area (Å²) < 4.78 is 0. The molecule has 0 aliphatic rings. The lowest BCUT2D eigenvalue weighted by Crippen LogP contribution is -2.13. The van der Waals surface area contributed by atoms with E-state index in [9.17, 15) is 10.2 Å². The zero-order valence-corrected chi connectivity index (χ0v) is 21.8. The van der Waals surface area contributed by atoms with Crippen LogP contribution in [0.3, 0.4) is 0 Å². The molecule has 0 radical (unpaired) electrons. The van der Waals surface area contributed by atoms with E-state index in [1.807, 2.05) is 13.8 Å². The number of aliphatic hydroxyl groups excluding tert-OH is 2. The molecule has 0 aliphatic carbocycles. The highest BCUT2D eigenvalue weighted by Gasteiger charge is 2.09. The number of aliphatic hydroxyl groups is 2. The van der Waals surface area contributed by atoms with Gasteiger partial charge in [-0.25, -0.2) is 0 Å². The Balaban J connectivity index is -0.00000171. The molecular formula is C27H61NO2. The maximum Gasteiger partial charge on any atom is 0.0541 e. The van der Waals surface area contributed by atoms with Gasteiger partial charge in [0, 0.05) is 0 Å². The summed E-state index contributed by atoms with van der Waals surface area (Å²) in [6.07, 6.45) is 24.0. The average Bonchev–Trinajstić information content (AvgIpc) is 2.78.